The molecule has 2 fully saturated rings. The van der Waals surface area contributed by atoms with Gasteiger partial charge in [-0.05, 0) is 102 Å². The number of anilines is 1. The van der Waals surface area contributed by atoms with Crippen LogP contribution in [0.15, 0.2) is 47.1 Å². The van der Waals surface area contributed by atoms with Gasteiger partial charge in [-0.15, -0.1) is 5.10 Å². The Kier molecular flexibility index (Phi) is 8.60. The second-order valence-corrected chi connectivity index (χ2v) is 13.7. The van der Waals surface area contributed by atoms with E-state index in [2.05, 4.69) is 64.2 Å². The van der Waals surface area contributed by atoms with Crippen LogP contribution in [-0.4, -0.2) is 75.1 Å². The van der Waals surface area contributed by atoms with E-state index in [0.29, 0.717) is 18.5 Å². The van der Waals surface area contributed by atoms with Crippen molar-refractivity contribution >= 4 is 33.4 Å². The van der Waals surface area contributed by atoms with E-state index in [9.17, 15) is 9.59 Å². The molecule has 1 atom stereocenters. The fraction of sp³-hybridized carbons (Fsp3) is 0.500. The fourth-order valence-electron chi connectivity index (χ4n) is 6.48. The van der Waals surface area contributed by atoms with Gasteiger partial charge in [-0.25, -0.2) is 4.68 Å². The molecule has 2 aromatic carbocycles. The van der Waals surface area contributed by atoms with Crippen LogP contribution < -0.4 is 10.2 Å². The van der Waals surface area contributed by atoms with Gasteiger partial charge in [0, 0.05) is 48.3 Å². The third-order valence-electron chi connectivity index (χ3n) is 7.85. The highest BCUT2D eigenvalue weighted by Gasteiger charge is 2.38. The minimum absolute atomic E-state index is 0.0703. The van der Waals surface area contributed by atoms with Gasteiger partial charge in [0.25, 0.3) is 5.91 Å². The number of hydrogen-bond donors (Lipinski definition) is 1. The molecule has 1 N–H and O–H groups in total. The quantitative estimate of drug-likeness (QED) is 0.392. The van der Waals surface area contributed by atoms with E-state index in [1.165, 1.54) is 0 Å². The first kappa shape index (κ1) is 30.4. The molecule has 1 aromatic heterocycles. The zero-order valence-corrected chi connectivity index (χ0v) is 27.0. The van der Waals surface area contributed by atoms with Gasteiger partial charge in [0.15, 0.2) is 0 Å². The van der Waals surface area contributed by atoms with Gasteiger partial charge in [0.2, 0.25) is 5.91 Å². The number of carbonyl (C=O) groups excluding carboxylic acids is 2. The average molecular weight is 638 g/mol. The van der Waals surface area contributed by atoms with E-state index in [1.54, 1.807) is 16.8 Å². The first-order chi connectivity index (χ1) is 19.8. The van der Waals surface area contributed by atoms with Crippen molar-refractivity contribution in [2.24, 2.45) is 0 Å². The Labute approximate surface area is 256 Å². The number of amides is 2. The number of ether oxygens (including phenoxy) is 1. The summed E-state index contributed by atoms with van der Waals surface area (Å²) in [6.07, 6.45) is 4.17. The van der Waals surface area contributed by atoms with Gasteiger partial charge in [-0.3, -0.25) is 14.5 Å². The second-order valence-electron chi connectivity index (χ2n) is 12.8. The predicted octanol–water partition coefficient (Wildman–Crippen LogP) is 5.00. The van der Waals surface area contributed by atoms with Crippen LogP contribution in [0.25, 0.3) is 5.69 Å². The van der Waals surface area contributed by atoms with Crippen molar-refractivity contribution in [2.75, 3.05) is 31.1 Å². The van der Waals surface area contributed by atoms with Crippen LogP contribution in [0.3, 0.4) is 0 Å². The van der Waals surface area contributed by atoms with E-state index in [0.717, 1.165) is 65.1 Å². The lowest BCUT2D eigenvalue weighted by Crippen LogP contribution is -2.57. The highest BCUT2D eigenvalue weighted by Crippen LogP contribution is 2.31. The Morgan fingerprint density at radius 2 is 1.71 bits per heavy atom. The molecule has 0 saturated carbocycles. The summed E-state index contributed by atoms with van der Waals surface area (Å²) in [5.41, 5.74) is 4.85. The zero-order chi connectivity index (χ0) is 30.2. The molecule has 2 amide bonds. The number of morpholine rings is 1. The van der Waals surface area contributed by atoms with Crippen LogP contribution in [0.2, 0.25) is 0 Å². The van der Waals surface area contributed by atoms with E-state index in [1.807, 2.05) is 49.2 Å². The summed E-state index contributed by atoms with van der Waals surface area (Å²) in [6.45, 7) is 15.8. The van der Waals surface area contributed by atoms with Crippen LogP contribution in [0.4, 0.5) is 5.69 Å². The summed E-state index contributed by atoms with van der Waals surface area (Å²) < 4.78 is 8.91. The monoisotopic (exact) mass is 636 g/mol. The number of rotatable bonds is 7. The van der Waals surface area contributed by atoms with E-state index in [4.69, 9.17) is 4.74 Å². The van der Waals surface area contributed by atoms with Crippen LogP contribution in [0.5, 0.6) is 0 Å². The van der Waals surface area contributed by atoms with Gasteiger partial charge in [0.1, 0.15) is 6.04 Å². The van der Waals surface area contributed by atoms with Crippen molar-refractivity contribution < 1.29 is 14.3 Å². The lowest BCUT2D eigenvalue weighted by Gasteiger charge is -2.47. The Hall–Kier alpha value is -3.08. The molecule has 0 spiro atoms. The Bertz CT molecular complexity index is 1430. The molecule has 9 nitrogen and oxygen atoms in total. The summed E-state index contributed by atoms with van der Waals surface area (Å²) >= 11 is 3.53. The van der Waals surface area contributed by atoms with Crippen molar-refractivity contribution in [3.63, 3.8) is 0 Å². The van der Waals surface area contributed by atoms with Crippen molar-refractivity contribution in [3.05, 3.63) is 69.5 Å². The molecule has 1 unspecified atom stereocenters. The summed E-state index contributed by atoms with van der Waals surface area (Å²) in [5, 5.41) is 11.7. The molecular formula is C32H41BrN6O3. The maximum Gasteiger partial charge on any atom is 0.251 e. The standard InChI is InChI=1S/C32H41BrN6O3/c1-21-16-24(33)17-22(2)28(21)38-14-7-8-27(30(38)41)34-29(40)23-9-11-26(12-10-23)39-18-25(35-36-39)13-15-37-19-31(3,4)42-32(5,6)20-37/h9-12,16-18,27H,7-8,13-15,19-20H2,1-6H3,(H,34,40). The number of piperidine rings is 1. The number of aryl methyl sites for hydroxylation is 2. The Morgan fingerprint density at radius 1 is 1.07 bits per heavy atom. The fourth-order valence-corrected chi connectivity index (χ4v) is 7.17. The van der Waals surface area contributed by atoms with Gasteiger partial charge >= 0.3 is 0 Å². The smallest absolute Gasteiger partial charge is 0.251 e. The van der Waals surface area contributed by atoms with Gasteiger partial charge in [0.05, 0.1) is 28.8 Å². The maximum absolute atomic E-state index is 13.4. The number of benzene rings is 2. The number of nitrogens with one attached hydrogen (secondary N) is 1. The SMILES string of the molecule is Cc1cc(Br)cc(C)c1N1CCCC(NC(=O)c2ccc(-n3cc(CCN4CC(C)(C)OC(C)(C)C4)nn3)cc2)C1=O. The van der Waals surface area contributed by atoms with Crippen molar-refractivity contribution in [2.45, 2.75) is 78.0 Å². The van der Waals surface area contributed by atoms with Crippen LogP contribution in [-0.2, 0) is 16.0 Å². The average Bonchev–Trinajstić information content (AvgIpc) is 3.36. The third kappa shape index (κ3) is 6.93. The molecule has 224 valence electrons. The maximum atomic E-state index is 13.4. The summed E-state index contributed by atoms with van der Waals surface area (Å²) in [5.74, 6) is -0.333. The summed E-state index contributed by atoms with van der Waals surface area (Å²) in [4.78, 5) is 30.8. The predicted molar refractivity (Wildman–Crippen MR) is 167 cm³/mol. The summed E-state index contributed by atoms with van der Waals surface area (Å²) in [6, 6.07) is 10.7. The van der Waals surface area contributed by atoms with Gasteiger partial charge < -0.3 is 15.0 Å². The van der Waals surface area contributed by atoms with Crippen molar-refractivity contribution in [1.29, 1.82) is 0 Å². The van der Waals surface area contributed by atoms with Crippen molar-refractivity contribution in [3.8, 4) is 5.69 Å². The van der Waals surface area contributed by atoms with Gasteiger partial charge in [-0.1, -0.05) is 21.1 Å². The summed E-state index contributed by atoms with van der Waals surface area (Å²) in [7, 11) is 0. The highest BCUT2D eigenvalue weighted by atomic mass is 79.9. The molecule has 2 aliphatic heterocycles. The van der Waals surface area contributed by atoms with Crippen LogP contribution in [0.1, 0.15) is 67.7 Å². The number of aromatic nitrogens is 3. The molecular weight excluding hydrogens is 596 g/mol. The zero-order valence-electron chi connectivity index (χ0n) is 25.4. The van der Waals surface area contributed by atoms with E-state index >= 15 is 0 Å². The number of nitrogens with zero attached hydrogens (tertiary/aromatic N) is 5. The minimum atomic E-state index is -0.561. The Balaban J connectivity index is 1.19. The van der Waals surface area contributed by atoms with Crippen LogP contribution >= 0.6 is 15.9 Å². The molecule has 2 aliphatic rings. The molecule has 5 rings (SSSR count). The molecule has 3 aromatic rings. The Morgan fingerprint density at radius 3 is 2.36 bits per heavy atom. The number of hydrogen-bond acceptors (Lipinski definition) is 6. The normalized spacial score (nSPS) is 20.5. The highest BCUT2D eigenvalue weighted by molar-refractivity contribution is 9.10. The molecule has 0 radical (unpaired) electrons. The van der Waals surface area contributed by atoms with Crippen molar-refractivity contribution in [1.82, 2.24) is 25.2 Å². The molecule has 10 heteroatoms. The van der Waals surface area contributed by atoms with Crippen LogP contribution in [0, 0.1) is 13.8 Å². The lowest BCUT2D eigenvalue weighted by atomic mass is 9.99. The molecule has 42 heavy (non-hydrogen) atoms. The molecule has 2 saturated heterocycles. The second kappa shape index (κ2) is 11.9. The third-order valence-corrected chi connectivity index (χ3v) is 8.31. The molecule has 0 aliphatic carbocycles. The molecule has 0 bridgehead atoms. The van der Waals surface area contributed by atoms with Gasteiger partial charge in [-0.2, -0.15) is 0 Å². The molecule has 3 heterocycles. The van der Waals surface area contributed by atoms with E-state index < -0.39 is 6.04 Å². The lowest BCUT2D eigenvalue weighted by molar-refractivity contribution is -0.180. The topological polar surface area (TPSA) is 92.6 Å². The largest absolute Gasteiger partial charge is 0.367 e. The number of halogens is 1. The number of carbonyl (C=O) groups is 2. The first-order valence-corrected chi connectivity index (χ1v) is 15.4. The van der Waals surface area contributed by atoms with E-state index in [-0.39, 0.29) is 23.0 Å². The minimum Gasteiger partial charge on any atom is -0.367 e. The first-order valence-electron chi connectivity index (χ1n) is 14.6.